The van der Waals surface area contributed by atoms with Crippen molar-refractivity contribution < 1.29 is 14.4 Å². The third kappa shape index (κ3) is 9.10. The number of halogens is 1. The van der Waals surface area contributed by atoms with Crippen LogP contribution in [0.2, 0.25) is 5.15 Å². The maximum atomic E-state index is 12.7. The summed E-state index contributed by atoms with van der Waals surface area (Å²) < 4.78 is 1.97. The molecule has 2 aromatic rings. The number of aromatic nitrogens is 3. The minimum absolute atomic E-state index is 0.0352. The average molecular weight is 508 g/mol. The average Bonchev–Trinajstić information content (AvgIpc) is 3.21. The number of amides is 3. The lowest BCUT2D eigenvalue weighted by Crippen LogP contribution is -2.50. The molecule has 0 spiro atoms. The van der Waals surface area contributed by atoms with Crippen LogP contribution < -0.4 is 21.7 Å². The third-order valence-electron chi connectivity index (χ3n) is 5.93. The van der Waals surface area contributed by atoms with E-state index in [4.69, 9.17) is 17.3 Å². The molecular weight excluding hydrogens is 470 g/mol. The lowest BCUT2D eigenvalue weighted by atomic mass is 9.96. The van der Waals surface area contributed by atoms with Gasteiger partial charge in [0.15, 0.2) is 5.78 Å². The topological polar surface area (TPSA) is 144 Å². The molecule has 0 aliphatic carbocycles. The van der Waals surface area contributed by atoms with E-state index in [2.05, 4.69) is 25.9 Å². The summed E-state index contributed by atoms with van der Waals surface area (Å²) in [6, 6.07) is 0.831. The highest BCUT2D eigenvalue weighted by atomic mass is 35.5. The Kier molecular flexibility index (Phi) is 11.4. The predicted octanol–water partition coefficient (Wildman–Crippen LogP) is 2.64. The standard InChI is InChI=1S/C24H38ClN7O3/c1-15(2)19(13-28-18(21(34)16(3)4)7-5-10-27-24(26)35)31-20(33)8-6-11-32-12-9-17-22(25)29-14-30-23(17)32/h9,12,14-16,18-19,28H,5-8,10-11,13H2,1-4H3,(H,31,33)(H3,26,27,35)/t18-,19+/m0/s1. The van der Waals surface area contributed by atoms with Crippen molar-refractivity contribution in [3.8, 4) is 0 Å². The lowest BCUT2D eigenvalue weighted by molar-refractivity contribution is -0.124. The lowest BCUT2D eigenvalue weighted by Gasteiger charge is -2.27. The molecule has 0 bridgehead atoms. The van der Waals surface area contributed by atoms with Gasteiger partial charge in [-0.3, -0.25) is 9.59 Å². The van der Waals surface area contributed by atoms with Crippen molar-refractivity contribution in [3.05, 3.63) is 23.7 Å². The molecule has 2 aromatic heterocycles. The van der Waals surface area contributed by atoms with Crippen molar-refractivity contribution in [2.24, 2.45) is 17.6 Å². The molecule has 2 heterocycles. The van der Waals surface area contributed by atoms with Gasteiger partial charge in [-0.2, -0.15) is 0 Å². The van der Waals surface area contributed by atoms with Gasteiger partial charge in [-0.25, -0.2) is 14.8 Å². The molecular formula is C24H38ClN7O3. The van der Waals surface area contributed by atoms with Crippen molar-refractivity contribution in [2.75, 3.05) is 13.1 Å². The summed E-state index contributed by atoms with van der Waals surface area (Å²) in [6.07, 6.45) is 5.55. The maximum absolute atomic E-state index is 12.7. The highest BCUT2D eigenvalue weighted by Gasteiger charge is 2.23. The monoisotopic (exact) mass is 507 g/mol. The molecule has 11 heteroatoms. The quantitative estimate of drug-likeness (QED) is 0.215. The van der Waals surface area contributed by atoms with Crippen molar-refractivity contribution >= 4 is 40.4 Å². The van der Waals surface area contributed by atoms with Crippen molar-refractivity contribution in [2.45, 2.75) is 72.0 Å². The molecule has 10 nitrogen and oxygen atoms in total. The molecule has 2 rings (SSSR count). The fourth-order valence-corrected chi connectivity index (χ4v) is 4.02. The number of nitrogens with one attached hydrogen (secondary N) is 3. The zero-order chi connectivity index (χ0) is 26.0. The highest BCUT2D eigenvalue weighted by Crippen LogP contribution is 2.20. The second kappa shape index (κ2) is 14.0. The number of ketones is 1. The van der Waals surface area contributed by atoms with E-state index in [1.165, 1.54) is 6.33 Å². The summed E-state index contributed by atoms with van der Waals surface area (Å²) in [4.78, 5) is 44.4. The Hall–Kier alpha value is -2.72. The number of carbonyl (C=O) groups is 3. The molecule has 0 saturated carbocycles. The van der Waals surface area contributed by atoms with Gasteiger partial charge in [-0.15, -0.1) is 0 Å². The summed E-state index contributed by atoms with van der Waals surface area (Å²) in [6.45, 7) is 9.35. The number of fused-ring (bicyclic) bond motifs is 1. The van der Waals surface area contributed by atoms with Gasteiger partial charge in [0.1, 0.15) is 17.1 Å². The number of hydrogen-bond donors (Lipinski definition) is 4. The molecule has 2 atom stereocenters. The maximum Gasteiger partial charge on any atom is 0.312 e. The molecule has 0 aromatic carbocycles. The van der Waals surface area contributed by atoms with E-state index < -0.39 is 6.03 Å². The molecule has 194 valence electrons. The largest absolute Gasteiger partial charge is 0.352 e. The summed E-state index contributed by atoms with van der Waals surface area (Å²) in [5, 5.41) is 10.2. The van der Waals surface area contributed by atoms with E-state index in [1.54, 1.807) is 0 Å². The number of nitrogens with zero attached hydrogens (tertiary/aromatic N) is 3. The van der Waals surface area contributed by atoms with Gasteiger partial charge in [-0.1, -0.05) is 39.3 Å². The van der Waals surface area contributed by atoms with E-state index in [9.17, 15) is 14.4 Å². The number of hydrogen-bond acceptors (Lipinski definition) is 6. The number of aryl methyl sites for hydroxylation is 1. The Morgan fingerprint density at radius 3 is 2.54 bits per heavy atom. The van der Waals surface area contributed by atoms with Crippen LogP contribution in [0.1, 0.15) is 53.4 Å². The number of Topliss-reactive ketones (excluding diaryl/α,β-unsaturated/α-hetero) is 1. The Bertz CT molecular complexity index is 993. The zero-order valence-corrected chi connectivity index (χ0v) is 21.8. The minimum Gasteiger partial charge on any atom is -0.352 e. The smallest absolute Gasteiger partial charge is 0.312 e. The van der Waals surface area contributed by atoms with Gasteiger partial charge in [-0.05, 0) is 31.2 Å². The van der Waals surface area contributed by atoms with Crippen LogP contribution in [-0.2, 0) is 16.1 Å². The van der Waals surface area contributed by atoms with Gasteiger partial charge in [0.25, 0.3) is 0 Å². The van der Waals surface area contributed by atoms with Gasteiger partial charge in [0.2, 0.25) is 5.91 Å². The third-order valence-corrected chi connectivity index (χ3v) is 6.23. The summed E-state index contributed by atoms with van der Waals surface area (Å²) >= 11 is 6.10. The molecule has 3 amide bonds. The van der Waals surface area contributed by atoms with Gasteiger partial charge in [0.05, 0.1) is 11.4 Å². The first-order valence-electron chi connectivity index (χ1n) is 12.1. The fourth-order valence-electron chi connectivity index (χ4n) is 3.83. The van der Waals surface area contributed by atoms with Crippen molar-refractivity contribution in [1.82, 2.24) is 30.5 Å². The minimum atomic E-state index is -0.575. The van der Waals surface area contributed by atoms with Crippen molar-refractivity contribution in [3.63, 3.8) is 0 Å². The van der Waals surface area contributed by atoms with Gasteiger partial charge >= 0.3 is 6.03 Å². The normalized spacial score (nSPS) is 13.2. The van der Waals surface area contributed by atoms with E-state index in [0.29, 0.717) is 50.5 Å². The van der Waals surface area contributed by atoms with Gasteiger partial charge < -0.3 is 26.3 Å². The van der Waals surface area contributed by atoms with E-state index >= 15 is 0 Å². The van der Waals surface area contributed by atoms with Crippen LogP contribution in [0, 0.1) is 11.8 Å². The molecule has 0 radical (unpaired) electrons. The van der Waals surface area contributed by atoms with Crippen LogP contribution in [0.4, 0.5) is 4.79 Å². The first-order valence-corrected chi connectivity index (χ1v) is 12.5. The molecule has 35 heavy (non-hydrogen) atoms. The second-order valence-electron chi connectivity index (χ2n) is 9.38. The number of carbonyl (C=O) groups excluding carboxylic acids is 3. The Labute approximate surface area is 211 Å². The Morgan fingerprint density at radius 1 is 1.14 bits per heavy atom. The predicted molar refractivity (Wildman–Crippen MR) is 137 cm³/mol. The second-order valence-corrected chi connectivity index (χ2v) is 9.74. The zero-order valence-electron chi connectivity index (χ0n) is 21.0. The molecule has 0 aliphatic rings. The first-order chi connectivity index (χ1) is 16.6. The molecule has 0 unspecified atom stereocenters. The van der Waals surface area contributed by atoms with Crippen LogP contribution in [0.15, 0.2) is 18.6 Å². The van der Waals surface area contributed by atoms with Crippen molar-refractivity contribution in [1.29, 1.82) is 0 Å². The van der Waals surface area contributed by atoms with Crippen LogP contribution in [0.5, 0.6) is 0 Å². The number of nitrogens with two attached hydrogens (primary N) is 1. The SMILES string of the molecule is CC(C)C(=O)[C@H](CCCNC(N)=O)NC[C@@H](NC(=O)CCCn1ccc2c(Cl)ncnc21)C(C)C. The van der Waals surface area contributed by atoms with Gasteiger partial charge in [0, 0.05) is 44.2 Å². The van der Waals surface area contributed by atoms with Crippen LogP contribution in [0.25, 0.3) is 11.0 Å². The first kappa shape index (κ1) is 28.5. The Morgan fingerprint density at radius 2 is 1.89 bits per heavy atom. The molecule has 0 saturated heterocycles. The summed E-state index contributed by atoms with van der Waals surface area (Å²) in [7, 11) is 0. The molecule has 0 fully saturated rings. The number of urea groups is 1. The van der Waals surface area contributed by atoms with E-state index in [1.807, 2.05) is 44.5 Å². The summed E-state index contributed by atoms with van der Waals surface area (Å²) in [5.41, 5.74) is 5.85. The van der Waals surface area contributed by atoms with Crippen LogP contribution in [-0.4, -0.2) is 57.4 Å². The fraction of sp³-hybridized carbons (Fsp3) is 0.625. The molecule has 5 N–H and O–H groups in total. The highest BCUT2D eigenvalue weighted by molar-refractivity contribution is 6.33. The summed E-state index contributed by atoms with van der Waals surface area (Å²) in [5.74, 6) is 0.145. The van der Waals surface area contributed by atoms with Crippen LogP contribution >= 0.6 is 11.6 Å². The Balaban J connectivity index is 1.85. The van der Waals surface area contributed by atoms with E-state index in [-0.39, 0.29) is 35.6 Å². The van der Waals surface area contributed by atoms with E-state index in [0.717, 1.165) is 11.0 Å². The number of rotatable bonds is 15. The number of primary amides is 1. The molecule has 0 aliphatic heterocycles. The van der Waals surface area contributed by atoms with Crippen LogP contribution in [0.3, 0.4) is 0 Å².